The molecule has 0 radical (unpaired) electrons. The van der Waals surface area contributed by atoms with Crippen molar-refractivity contribution in [2.24, 2.45) is 32.7 Å². The topological polar surface area (TPSA) is 99.0 Å². The van der Waals surface area contributed by atoms with Crippen LogP contribution in [-0.4, -0.2) is 13.1 Å². The van der Waals surface area contributed by atoms with Gasteiger partial charge < -0.3 is 5.84 Å². The molecule has 0 aliphatic carbocycles. The molecule has 0 saturated heterocycles. The van der Waals surface area contributed by atoms with Gasteiger partial charge in [0.2, 0.25) is 0 Å². The number of hydrogen-bond acceptors (Lipinski definition) is 4. The van der Waals surface area contributed by atoms with Gasteiger partial charge in [-0.2, -0.15) is 10.6 Å². The van der Waals surface area contributed by atoms with Crippen molar-refractivity contribution in [3.05, 3.63) is 0 Å². The van der Waals surface area contributed by atoms with Crippen molar-refractivity contribution in [1.29, 1.82) is 5.53 Å². The van der Waals surface area contributed by atoms with E-state index in [1.54, 1.807) is 0 Å². The Morgan fingerprint density at radius 2 is 2.13 bits per heavy atom. The Morgan fingerprint density at radius 3 is 2.67 bits per heavy atom. The van der Waals surface area contributed by atoms with E-state index >= 15 is 0 Å². The van der Waals surface area contributed by atoms with Crippen LogP contribution in [0.1, 0.15) is 33.6 Å². The highest BCUT2D eigenvalue weighted by Gasteiger charge is 2.20. The highest BCUT2D eigenvalue weighted by Crippen LogP contribution is 2.28. The normalized spacial score (nSPS) is 14.1. The van der Waals surface area contributed by atoms with E-state index in [2.05, 4.69) is 41.8 Å². The molecule has 15 heavy (non-hydrogen) atoms. The van der Waals surface area contributed by atoms with Gasteiger partial charge in [-0.3, -0.25) is 5.43 Å². The Balaban J connectivity index is 3.83. The molecule has 0 aromatic heterocycles. The van der Waals surface area contributed by atoms with Gasteiger partial charge >= 0.3 is 0 Å². The second-order valence-electron chi connectivity index (χ2n) is 4.68. The quantitative estimate of drug-likeness (QED) is 0.328. The van der Waals surface area contributed by atoms with E-state index in [-0.39, 0.29) is 5.41 Å². The Kier molecular flexibility index (Phi) is 6.57. The highest BCUT2D eigenvalue weighted by atomic mass is 15.4. The predicted molar refractivity (Wildman–Crippen MR) is 59.2 cm³/mol. The molecule has 0 spiro atoms. The minimum atomic E-state index is 0.220. The summed E-state index contributed by atoms with van der Waals surface area (Å²) >= 11 is 0. The number of nitrogens with two attached hydrogens (primary N) is 1. The first-order valence-electron chi connectivity index (χ1n) is 5.18. The minimum Gasteiger partial charge on any atom is -0.305 e. The molecular formula is C9H22N6. The Hall–Kier alpha value is -1.20. The summed E-state index contributed by atoms with van der Waals surface area (Å²) in [5.41, 5.74) is 9.52. The van der Waals surface area contributed by atoms with E-state index in [1.807, 2.05) is 0 Å². The maximum Gasteiger partial charge on any atom is 0.0625 e. The molecule has 6 nitrogen and oxygen atoms in total. The van der Waals surface area contributed by atoms with Gasteiger partial charge in [-0.25, -0.2) is 0 Å². The molecular weight excluding hydrogens is 192 g/mol. The first-order chi connectivity index (χ1) is 7.02. The Labute approximate surface area is 91.2 Å². The third-order valence-corrected chi connectivity index (χ3v) is 2.39. The summed E-state index contributed by atoms with van der Waals surface area (Å²) in [6.07, 6.45) is 2.03. The molecule has 1 atom stereocenters. The maximum absolute atomic E-state index is 6.64. The van der Waals surface area contributed by atoms with Crippen LogP contribution >= 0.6 is 0 Å². The van der Waals surface area contributed by atoms with Gasteiger partial charge in [0.25, 0.3) is 0 Å². The van der Waals surface area contributed by atoms with Crippen LogP contribution < -0.4 is 11.3 Å². The fraction of sp³-hybridized carbons (Fsp3) is 1.00. The third-order valence-electron chi connectivity index (χ3n) is 2.39. The summed E-state index contributed by atoms with van der Waals surface area (Å²) in [6, 6.07) is 0. The molecule has 0 rings (SSSR count). The van der Waals surface area contributed by atoms with Crippen LogP contribution in [-0.2, 0) is 0 Å². The molecule has 0 fully saturated rings. The standard InChI is InChI=1S/C9H22N6/c1-8(7-13-15-11)6-9(2,3)4-5-12-14-10/h8H,4-7H2,1-3H3,(H2,10,12)(H2,11,13). The van der Waals surface area contributed by atoms with Crippen LogP contribution in [0.4, 0.5) is 0 Å². The molecule has 88 valence electrons. The minimum absolute atomic E-state index is 0.220. The van der Waals surface area contributed by atoms with Crippen molar-refractivity contribution in [3.63, 3.8) is 0 Å². The van der Waals surface area contributed by atoms with Crippen molar-refractivity contribution in [2.45, 2.75) is 33.6 Å². The summed E-state index contributed by atoms with van der Waals surface area (Å²) in [5, 5.41) is 10.1. The summed E-state index contributed by atoms with van der Waals surface area (Å²) in [7, 11) is 0. The summed E-state index contributed by atoms with van der Waals surface area (Å²) in [4.78, 5) is 0. The average molecular weight is 214 g/mol. The van der Waals surface area contributed by atoms with Gasteiger partial charge in [-0.1, -0.05) is 31.2 Å². The number of rotatable bonds is 8. The lowest BCUT2D eigenvalue weighted by Crippen LogP contribution is -2.23. The predicted octanol–water partition coefficient (Wildman–Crippen LogP) is 2.29. The molecule has 1 unspecified atom stereocenters. The van der Waals surface area contributed by atoms with Crippen LogP contribution in [0.5, 0.6) is 0 Å². The smallest absolute Gasteiger partial charge is 0.0625 e. The average Bonchev–Trinajstić information content (AvgIpc) is 2.14. The third kappa shape index (κ3) is 7.84. The lowest BCUT2D eigenvalue weighted by atomic mass is 9.80. The van der Waals surface area contributed by atoms with Crippen LogP contribution in [0.3, 0.4) is 0 Å². The zero-order valence-corrected chi connectivity index (χ0v) is 9.82. The van der Waals surface area contributed by atoms with E-state index in [1.165, 1.54) is 0 Å². The summed E-state index contributed by atoms with van der Waals surface area (Å²) < 4.78 is 0. The molecule has 0 aliphatic rings. The fourth-order valence-corrected chi connectivity index (χ4v) is 1.73. The van der Waals surface area contributed by atoms with Crippen molar-refractivity contribution in [1.82, 2.24) is 5.43 Å². The van der Waals surface area contributed by atoms with Gasteiger partial charge in [0.1, 0.15) is 0 Å². The Bertz CT molecular complexity index is 201. The maximum atomic E-state index is 6.64. The zero-order chi connectivity index (χ0) is 11.7. The first-order valence-corrected chi connectivity index (χ1v) is 5.18. The van der Waals surface area contributed by atoms with Crippen molar-refractivity contribution in [2.75, 3.05) is 13.1 Å². The fourth-order valence-electron chi connectivity index (χ4n) is 1.73. The van der Waals surface area contributed by atoms with Gasteiger partial charge in [0, 0.05) is 6.54 Å². The molecule has 0 aromatic carbocycles. The van der Waals surface area contributed by atoms with Crippen LogP contribution in [0.25, 0.3) is 0 Å². The highest BCUT2D eigenvalue weighted by molar-refractivity contribution is 4.73. The monoisotopic (exact) mass is 214 g/mol. The van der Waals surface area contributed by atoms with Crippen LogP contribution in [0.2, 0.25) is 0 Å². The van der Waals surface area contributed by atoms with Gasteiger partial charge in [0.15, 0.2) is 0 Å². The first kappa shape index (κ1) is 13.8. The summed E-state index contributed by atoms with van der Waals surface area (Å²) in [6.45, 7) is 7.96. The van der Waals surface area contributed by atoms with E-state index in [4.69, 9.17) is 11.4 Å². The number of hydrogen-bond donors (Lipinski definition) is 3. The van der Waals surface area contributed by atoms with E-state index in [9.17, 15) is 0 Å². The lowest BCUT2D eigenvalue weighted by molar-refractivity contribution is 0.255. The largest absolute Gasteiger partial charge is 0.305 e. The second kappa shape index (κ2) is 7.14. The molecule has 0 amide bonds. The lowest BCUT2D eigenvalue weighted by Gasteiger charge is -2.27. The van der Waals surface area contributed by atoms with E-state index in [0.29, 0.717) is 12.5 Å². The molecule has 0 bridgehead atoms. The van der Waals surface area contributed by atoms with Gasteiger partial charge in [-0.05, 0) is 24.2 Å². The molecule has 0 aliphatic heterocycles. The second-order valence-corrected chi connectivity index (χ2v) is 4.68. The zero-order valence-electron chi connectivity index (χ0n) is 9.82. The molecule has 0 aromatic rings. The SMILES string of the molecule is CC(CNN=N)CC(C)(C)CCN=NN. The van der Waals surface area contributed by atoms with Crippen molar-refractivity contribution < 1.29 is 0 Å². The summed E-state index contributed by atoms with van der Waals surface area (Å²) in [5.74, 6) is 5.43. The molecule has 4 N–H and O–H groups in total. The van der Waals surface area contributed by atoms with Crippen LogP contribution in [0.15, 0.2) is 15.6 Å². The molecule has 0 heterocycles. The molecule has 0 saturated carbocycles. The van der Waals surface area contributed by atoms with Gasteiger partial charge in [-0.15, -0.1) is 0 Å². The van der Waals surface area contributed by atoms with Crippen molar-refractivity contribution >= 4 is 0 Å². The van der Waals surface area contributed by atoms with Crippen LogP contribution in [0, 0.1) is 16.9 Å². The van der Waals surface area contributed by atoms with E-state index in [0.717, 1.165) is 19.4 Å². The van der Waals surface area contributed by atoms with Gasteiger partial charge in [0.05, 0.1) is 6.54 Å². The van der Waals surface area contributed by atoms with Crippen molar-refractivity contribution in [3.8, 4) is 0 Å². The molecule has 6 heteroatoms. The Morgan fingerprint density at radius 1 is 1.47 bits per heavy atom. The number of nitrogens with one attached hydrogen (secondary N) is 2. The van der Waals surface area contributed by atoms with E-state index < -0.39 is 0 Å². The number of nitrogens with zero attached hydrogens (tertiary/aromatic N) is 3.